The van der Waals surface area contributed by atoms with Crippen molar-refractivity contribution in [3.8, 4) is 0 Å². The van der Waals surface area contributed by atoms with E-state index in [1.54, 1.807) is 37.2 Å². The Hall–Kier alpha value is -5.34. The molecule has 0 spiro atoms. The molecule has 0 bridgehead atoms. The third-order valence-corrected chi connectivity index (χ3v) is 7.03. The first-order valence-electron chi connectivity index (χ1n) is 15.6. The van der Waals surface area contributed by atoms with Crippen LogP contribution in [0.1, 0.15) is 0 Å². The second-order valence-electron chi connectivity index (χ2n) is 11.6. The first-order chi connectivity index (χ1) is 25.7. The average Bonchev–Trinajstić information content (AvgIpc) is 3.13. The molecule has 21 heteroatoms. The summed E-state index contributed by atoms with van der Waals surface area (Å²) in [6.07, 6.45) is 10.8. The van der Waals surface area contributed by atoms with Crippen LogP contribution in [0.4, 0.5) is 50.4 Å². The van der Waals surface area contributed by atoms with Gasteiger partial charge in [-0.25, -0.2) is 0 Å². The van der Waals surface area contributed by atoms with Crippen LogP contribution in [-0.2, 0) is 17.1 Å². The largest absolute Gasteiger partial charge is 2.00 e. The molecule has 0 aliphatic carbocycles. The summed E-state index contributed by atoms with van der Waals surface area (Å²) in [4.78, 5) is 26.1. The molecule has 0 radical (unpaired) electrons. The number of hydrogen-bond acceptors (Lipinski definition) is 6. The standard InChI is InChI=1S/3C12H8N2.2F6P.Fe/c3*1-3-9-5-6-10-4-2-8-14-12(10)11(9)13-7-1;2*1-7(2,3,4,5)6;/h3*1-8H;;;/q;;;2*-1;+2. The second kappa shape index (κ2) is 15.2. The van der Waals surface area contributed by atoms with Gasteiger partial charge in [0.1, 0.15) is 0 Å². The van der Waals surface area contributed by atoms with Crippen molar-refractivity contribution in [1.82, 2.24) is 29.9 Å². The Balaban J connectivity index is 0.000000163. The van der Waals surface area contributed by atoms with E-state index < -0.39 is 15.6 Å². The van der Waals surface area contributed by atoms with E-state index in [1.165, 1.54) is 0 Å². The maximum Gasteiger partial charge on any atom is 2.00 e. The third-order valence-electron chi connectivity index (χ3n) is 7.03. The van der Waals surface area contributed by atoms with Gasteiger partial charge in [-0.3, -0.25) is 29.9 Å². The summed E-state index contributed by atoms with van der Waals surface area (Å²) >= 11 is 0. The van der Waals surface area contributed by atoms with Crippen LogP contribution in [0, 0.1) is 0 Å². The van der Waals surface area contributed by atoms with Gasteiger partial charge in [-0.15, -0.1) is 0 Å². The van der Waals surface area contributed by atoms with Gasteiger partial charge < -0.3 is 0 Å². The average molecular weight is 886 g/mol. The maximum absolute atomic E-state index is 10.7. The minimum absolute atomic E-state index is 0. The Bertz CT molecular complexity index is 2360. The monoisotopic (exact) mass is 886 g/mol. The fraction of sp³-hybridized carbons (Fsp3) is 0. The molecule has 3 aromatic carbocycles. The molecular weight excluding hydrogens is 862 g/mol. The molecule has 0 atom stereocenters. The molecule has 0 fully saturated rings. The minimum Gasteiger partial charge on any atom is -0.254 e. The smallest absolute Gasteiger partial charge is 0.254 e. The molecule has 0 saturated carbocycles. The van der Waals surface area contributed by atoms with E-state index in [0.29, 0.717) is 0 Å². The van der Waals surface area contributed by atoms with Crippen molar-refractivity contribution in [3.63, 3.8) is 0 Å². The second-order valence-corrected chi connectivity index (χ2v) is 15.4. The van der Waals surface area contributed by atoms with Gasteiger partial charge in [0.15, 0.2) is 0 Å². The summed E-state index contributed by atoms with van der Waals surface area (Å²) in [7, 11) is -21.3. The van der Waals surface area contributed by atoms with Gasteiger partial charge in [0.2, 0.25) is 0 Å². The fourth-order valence-corrected chi connectivity index (χ4v) is 5.04. The fourth-order valence-electron chi connectivity index (χ4n) is 5.04. The minimum atomic E-state index is -10.7. The van der Waals surface area contributed by atoms with Crippen molar-refractivity contribution in [3.05, 3.63) is 146 Å². The summed E-state index contributed by atoms with van der Waals surface area (Å²) in [6, 6.07) is 36.4. The van der Waals surface area contributed by atoms with E-state index in [0.717, 1.165) is 65.4 Å². The molecule has 300 valence electrons. The van der Waals surface area contributed by atoms with Crippen molar-refractivity contribution in [2.24, 2.45) is 0 Å². The Morgan fingerprint density at radius 3 is 0.491 bits per heavy atom. The third kappa shape index (κ3) is 15.6. The topological polar surface area (TPSA) is 77.3 Å². The van der Waals surface area contributed by atoms with Crippen LogP contribution in [0.3, 0.4) is 0 Å². The molecule has 6 aromatic heterocycles. The van der Waals surface area contributed by atoms with Crippen LogP contribution in [0.2, 0.25) is 0 Å². The van der Waals surface area contributed by atoms with E-state index in [9.17, 15) is 50.4 Å². The molecule has 0 unspecified atom stereocenters. The van der Waals surface area contributed by atoms with Crippen molar-refractivity contribution in [2.75, 3.05) is 0 Å². The van der Waals surface area contributed by atoms with Gasteiger partial charge in [0.05, 0.1) is 33.1 Å². The van der Waals surface area contributed by atoms with Crippen LogP contribution in [0.25, 0.3) is 65.4 Å². The molecule has 0 aliphatic heterocycles. The van der Waals surface area contributed by atoms with Gasteiger partial charge in [0, 0.05) is 69.5 Å². The molecule has 0 amide bonds. The van der Waals surface area contributed by atoms with E-state index in [1.807, 2.05) is 36.4 Å². The molecule has 6 heterocycles. The number of nitrogens with zero attached hydrogens (tertiary/aromatic N) is 6. The predicted molar refractivity (Wildman–Crippen MR) is 198 cm³/mol. The summed E-state index contributed by atoms with van der Waals surface area (Å²) < 4.78 is 118. The van der Waals surface area contributed by atoms with E-state index in [4.69, 9.17) is 0 Å². The SMILES string of the molecule is F[P-](F)(F)(F)(F)F.F[P-](F)(F)(F)(F)F.[Fe+2].c1cnc2c(c1)ccc1cccnc12.c1cnc2c(c1)ccc1cccnc12.c1cnc2c(c1)ccc1cccnc12. The maximum atomic E-state index is 9.87. The summed E-state index contributed by atoms with van der Waals surface area (Å²) in [5, 5.41) is 6.83. The van der Waals surface area contributed by atoms with Crippen LogP contribution >= 0.6 is 15.6 Å². The van der Waals surface area contributed by atoms with E-state index in [-0.39, 0.29) is 17.1 Å². The Morgan fingerprint density at radius 2 is 0.368 bits per heavy atom. The summed E-state index contributed by atoms with van der Waals surface area (Å²) in [6.45, 7) is 0. The van der Waals surface area contributed by atoms with Gasteiger partial charge in [-0.05, 0) is 36.4 Å². The van der Waals surface area contributed by atoms with Crippen LogP contribution in [-0.4, -0.2) is 29.9 Å². The van der Waals surface area contributed by atoms with Crippen molar-refractivity contribution < 1.29 is 67.4 Å². The Labute approximate surface area is 324 Å². The molecule has 0 N–H and O–H groups in total. The van der Waals surface area contributed by atoms with Gasteiger partial charge in [0.25, 0.3) is 0 Å². The number of pyridine rings is 6. The first-order valence-corrected chi connectivity index (χ1v) is 19.7. The zero-order chi connectivity index (χ0) is 41.0. The Kier molecular flexibility index (Phi) is 11.8. The number of halogens is 12. The predicted octanol–water partition coefficient (Wildman–Crippen LogP) is 15.1. The first kappa shape index (κ1) is 44.4. The molecule has 9 rings (SSSR count). The van der Waals surface area contributed by atoms with E-state index >= 15 is 0 Å². The number of benzene rings is 3. The van der Waals surface area contributed by atoms with Crippen molar-refractivity contribution >= 4 is 81.0 Å². The summed E-state index contributed by atoms with van der Waals surface area (Å²) in [5.41, 5.74) is 5.86. The van der Waals surface area contributed by atoms with Crippen LogP contribution in [0.15, 0.2) is 146 Å². The van der Waals surface area contributed by atoms with Gasteiger partial charge in [-0.1, -0.05) is 72.8 Å². The number of fused-ring (bicyclic) bond motifs is 9. The van der Waals surface area contributed by atoms with E-state index in [2.05, 4.69) is 103 Å². The van der Waals surface area contributed by atoms with Crippen LogP contribution in [0.5, 0.6) is 0 Å². The van der Waals surface area contributed by atoms with Crippen molar-refractivity contribution in [2.45, 2.75) is 0 Å². The number of aromatic nitrogens is 6. The zero-order valence-corrected chi connectivity index (χ0v) is 31.2. The zero-order valence-electron chi connectivity index (χ0n) is 28.3. The number of rotatable bonds is 0. The van der Waals surface area contributed by atoms with Gasteiger partial charge >= 0.3 is 83.0 Å². The Morgan fingerprint density at radius 1 is 0.246 bits per heavy atom. The molecule has 57 heavy (non-hydrogen) atoms. The van der Waals surface area contributed by atoms with Gasteiger partial charge in [-0.2, -0.15) is 0 Å². The quantitative estimate of drug-likeness (QED) is 0.0653. The molecule has 0 saturated heterocycles. The molecular formula is C36H24F12FeN6P2. The summed E-state index contributed by atoms with van der Waals surface area (Å²) in [5.74, 6) is 0. The van der Waals surface area contributed by atoms with Crippen molar-refractivity contribution in [1.29, 1.82) is 0 Å². The normalized spacial score (nSPS) is 13.7. The molecule has 6 nitrogen and oxygen atoms in total. The number of hydrogen-bond donors (Lipinski definition) is 0. The molecule has 9 aromatic rings. The molecule has 0 aliphatic rings. The van der Waals surface area contributed by atoms with Crippen LogP contribution < -0.4 is 0 Å².